The third-order valence-corrected chi connectivity index (χ3v) is 6.99. The van der Waals surface area contributed by atoms with Gasteiger partial charge in [-0.3, -0.25) is 0 Å². The normalized spacial score (nSPS) is 17.6. The molecule has 9 heteroatoms. The van der Waals surface area contributed by atoms with Crippen LogP contribution in [-0.2, 0) is 30.5 Å². The van der Waals surface area contributed by atoms with E-state index in [-0.39, 0.29) is 18.0 Å². The first kappa shape index (κ1) is 25.0. The van der Waals surface area contributed by atoms with E-state index in [1.165, 1.54) is 6.26 Å². The van der Waals surface area contributed by atoms with Gasteiger partial charge in [0.2, 0.25) is 0 Å². The lowest BCUT2D eigenvalue weighted by molar-refractivity contribution is 0.00578. The van der Waals surface area contributed by atoms with E-state index in [1.807, 2.05) is 64.1 Å². The topological polar surface area (TPSA) is 90.9 Å². The van der Waals surface area contributed by atoms with Gasteiger partial charge < -0.3 is 19.4 Å². The second-order valence-electron chi connectivity index (χ2n) is 9.06. The summed E-state index contributed by atoms with van der Waals surface area (Å²) in [4.78, 5) is 12.5. The Morgan fingerprint density at radius 2 is 1.58 bits per heavy atom. The SMILES string of the molecule is CC1(C)OB(C(=Cc2ccc(S(C)(=O)=O)cc2)CNC(=O)OCc2ccccc2)OC1(C)C. The zero-order valence-corrected chi connectivity index (χ0v) is 20.4. The van der Waals surface area contributed by atoms with Gasteiger partial charge in [0.15, 0.2) is 9.84 Å². The molecule has 1 aliphatic heterocycles. The van der Waals surface area contributed by atoms with Gasteiger partial charge in [-0.15, -0.1) is 0 Å². The van der Waals surface area contributed by atoms with Crippen molar-refractivity contribution in [3.63, 3.8) is 0 Å². The quantitative estimate of drug-likeness (QED) is 0.614. The van der Waals surface area contributed by atoms with Crippen LogP contribution >= 0.6 is 0 Å². The van der Waals surface area contributed by atoms with Gasteiger partial charge >= 0.3 is 13.2 Å². The molecular formula is C24H30BNO6S. The molecule has 33 heavy (non-hydrogen) atoms. The maximum absolute atomic E-state index is 12.3. The van der Waals surface area contributed by atoms with E-state index in [0.717, 1.165) is 11.1 Å². The second kappa shape index (κ2) is 9.71. The zero-order valence-electron chi connectivity index (χ0n) is 19.6. The summed E-state index contributed by atoms with van der Waals surface area (Å²) in [6.07, 6.45) is 2.43. The van der Waals surface area contributed by atoms with Gasteiger partial charge in [-0.25, -0.2) is 13.2 Å². The first-order chi connectivity index (χ1) is 15.4. The van der Waals surface area contributed by atoms with Crippen LogP contribution in [0.25, 0.3) is 6.08 Å². The summed E-state index contributed by atoms with van der Waals surface area (Å²) in [5.74, 6) is 0. The zero-order chi connectivity index (χ0) is 24.3. The van der Waals surface area contributed by atoms with Crippen molar-refractivity contribution in [2.24, 2.45) is 0 Å². The summed E-state index contributed by atoms with van der Waals surface area (Å²) in [5.41, 5.74) is 1.22. The minimum absolute atomic E-state index is 0.137. The Labute approximate surface area is 196 Å². The van der Waals surface area contributed by atoms with E-state index in [4.69, 9.17) is 14.0 Å². The highest BCUT2D eigenvalue weighted by Crippen LogP contribution is 2.38. The van der Waals surface area contributed by atoms with E-state index < -0.39 is 34.3 Å². The van der Waals surface area contributed by atoms with Crippen molar-refractivity contribution < 1.29 is 27.3 Å². The highest BCUT2D eigenvalue weighted by molar-refractivity contribution is 7.90. The fourth-order valence-corrected chi connectivity index (χ4v) is 3.80. The predicted molar refractivity (Wildman–Crippen MR) is 128 cm³/mol. The highest BCUT2D eigenvalue weighted by Gasteiger charge is 2.52. The summed E-state index contributed by atoms with van der Waals surface area (Å²) in [5, 5.41) is 2.76. The number of hydrogen-bond donors (Lipinski definition) is 1. The molecule has 1 heterocycles. The molecule has 0 saturated carbocycles. The van der Waals surface area contributed by atoms with Crippen molar-refractivity contribution >= 4 is 29.1 Å². The van der Waals surface area contributed by atoms with E-state index in [2.05, 4.69) is 5.32 Å². The number of rotatable bonds is 7. The van der Waals surface area contributed by atoms with Crippen LogP contribution in [0.2, 0.25) is 0 Å². The van der Waals surface area contributed by atoms with Crippen LogP contribution in [0, 0.1) is 0 Å². The molecule has 0 bridgehead atoms. The summed E-state index contributed by atoms with van der Waals surface area (Å²) < 4.78 is 41.1. The van der Waals surface area contributed by atoms with Crippen LogP contribution in [0.5, 0.6) is 0 Å². The van der Waals surface area contributed by atoms with Gasteiger partial charge in [0.25, 0.3) is 0 Å². The fourth-order valence-electron chi connectivity index (χ4n) is 3.17. The molecule has 0 unspecified atom stereocenters. The number of ether oxygens (including phenoxy) is 1. The van der Waals surface area contributed by atoms with Crippen molar-refractivity contribution in [3.05, 3.63) is 71.2 Å². The smallest absolute Gasteiger partial charge is 0.445 e. The summed E-state index contributed by atoms with van der Waals surface area (Å²) in [6, 6.07) is 15.9. The molecule has 176 valence electrons. The summed E-state index contributed by atoms with van der Waals surface area (Å²) in [6.45, 7) is 8.10. The van der Waals surface area contributed by atoms with Crippen LogP contribution in [0.15, 0.2) is 65.0 Å². The molecule has 1 N–H and O–H groups in total. The number of alkyl carbamates (subject to hydrolysis) is 1. The second-order valence-corrected chi connectivity index (χ2v) is 11.1. The van der Waals surface area contributed by atoms with E-state index in [0.29, 0.717) is 5.47 Å². The minimum Gasteiger partial charge on any atom is -0.445 e. The Kier molecular flexibility index (Phi) is 7.36. The first-order valence-electron chi connectivity index (χ1n) is 10.7. The molecule has 0 aromatic heterocycles. The standard InChI is InChI=1S/C24H30BNO6S/c1-23(2)24(3,4)32-25(31-23)20(15-18-11-13-21(14-12-18)33(5,28)29)16-26-22(27)30-17-19-9-7-6-8-10-19/h6-15H,16-17H2,1-5H3,(H,26,27). The number of carbonyl (C=O) groups is 1. The molecule has 0 radical (unpaired) electrons. The van der Waals surface area contributed by atoms with E-state index >= 15 is 0 Å². The van der Waals surface area contributed by atoms with E-state index in [1.54, 1.807) is 24.3 Å². The molecule has 0 aliphatic carbocycles. The van der Waals surface area contributed by atoms with E-state index in [9.17, 15) is 13.2 Å². The van der Waals surface area contributed by atoms with Gasteiger partial charge in [0.1, 0.15) is 6.61 Å². The average molecular weight is 471 g/mol. The molecular weight excluding hydrogens is 441 g/mol. The molecule has 2 aromatic carbocycles. The minimum atomic E-state index is -3.29. The predicted octanol–water partition coefficient (Wildman–Crippen LogP) is 4.03. The number of amides is 1. The van der Waals surface area contributed by atoms with Crippen LogP contribution in [-0.4, -0.2) is 45.6 Å². The monoisotopic (exact) mass is 471 g/mol. The lowest BCUT2D eigenvalue weighted by Crippen LogP contribution is -2.41. The molecule has 7 nitrogen and oxygen atoms in total. The Morgan fingerprint density at radius 1 is 1.00 bits per heavy atom. The van der Waals surface area contributed by atoms with Gasteiger partial charge in [0, 0.05) is 12.8 Å². The molecule has 0 spiro atoms. The van der Waals surface area contributed by atoms with Crippen molar-refractivity contribution in [2.75, 3.05) is 12.8 Å². The van der Waals surface area contributed by atoms with Gasteiger partial charge in [-0.1, -0.05) is 48.5 Å². The molecule has 1 fully saturated rings. The maximum Gasteiger partial charge on any atom is 0.492 e. The lowest BCUT2D eigenvalue weighted by Gasteiger charge is -2.32. The van der Waals surface area contributed by atoms with Crippen LogP contribution in [0.1, 0.15) is 38.8 Å². The van der Waals surface area contributed by atoms with Crippen molar-refractivity contribution in [2.45, 2.75) is 50.4 Å². The number of sulfone groups is 1. The van der Waals surface area contributed by atoms with Gasteiger partial charge in [0.05, 0.1) is 16.1 Å². The lowest BCUT2D eigenvalue weighted by atomic mass is 9.77. The fraction of sp³-hybridized carbons (Fsp3) is 0.375. The highest BCUT2D eigenvalue weighted by atomic mass is 32.2. The first-order valence-corrected chi connectivity index (χ1v) is 12.6. The molecule has 1 amide bonds. The van der Waals surface area contributed by atoms with Crippen LogP contribution < -0.4 is 5.32 Å². The van der Waals surface area contributed by atoms with Crippen molar-refractivity contribution in [1.82, 2.24) is 5.32 Å². The number of carbonyl (C=O) groups excluding carboxylic acids is 1. The molecule has 1 saturated heterocycles. The van der Waals surface area contributed by atoms with Crippen molar-refractivity contribution in [3.8, 4) is 0 Å². The van der Waals surface area contributed by atoms with Gasteiger partial charge in [-0.05, 0) is 56.4 Å². The van der Waals surface area contributed by atoms with Gasteiger partial charge in [-0.2, -0.15) is 0 Å². The Hall–Kier alpha value is -2.62. The number of hydrogen-bond acceptors (Lipinski definition) is 6. The molecule has 2 aromatic rings. The van der Waals surface area contributed by atoms with Crippen LogP contribution in [0.3, 0.4) is 0 Å². The van der Waals surface area contributed by atoms with Crippen molar-refractivity contribution in [1.29, 1.82) is 0 Å². The molecule has 3 rings (SSSR count). The number of benzene rings is 2. The Balaban J connectivity index is 1.76. The largest absolute Gasteiger partial charge is 0.492 e. The molecule has 0 atom stereocenters. The third kappa shape index (κ3) is 6.46. The molecule has 1 aliphatic rings. The number of nitrogens with one attached hydrogen (secondary N) is 1. The Bertz CT molecular complexity index is 1100. The summed E-state index contributed by atoms with van der Waals surface area (Å²) >= 11 is 0. The average Bonchev–Trinajstić information content (AvgIpc) is 2.97. The van der Waals surface area contributed by atoms with Crippen LogP contribution in [0.4, 0.5) is 4.79 Å². The Morgan fingerprint density at radius 3 is 2.12 bits per heavy atom. The summed E-state index contributed by atoms with van der Waals surface area (Å²) in [7, 11) is -3.97. The maximum atomic E-state index is 12.3. The third-order valence-electron chi connectivity index (χ3n) is 5.87.